The van der Waals surface area contributed by atoms with E-state index in [2.05, 4.69) is 20.2 Å². The molecule has 0 spiro atoms. The summed E-state index contributed by atoms with van der Waals surface area (Å²) < 4.78 is 40.1. The van der Waals surface area contributed by atoms with Gasteiger partial charge in [-0.15, -0.1) is 0 Å². The van der Waals surface area contributed by atoms with Gasteiger partial charge < -0.3 is 15.1 Å². The van der Waals surface area contributed by atoms with Gasteiger partial charge in [0.05, 0.1) is 16.2 Å². The predicted octanol–water partition coefficient (Wildman–Crippen LogP) is 5.13. The lowest BCUT2D eigenvalue weighted by Crippen LogP contribution is -2.47. The first-order chi connectivity index (χ1) is 15.7. The smallest absolute Gasteiger partial charge is 0.368 e. The third-order valence-electron chi connectivity index (χ3n) is 5.22. The molecule has 0 unspecified atom stereocenters. The van der Waals surface area contributed by atoms with Gasteiger partial charge in [0.15, 0.2) is 0 Å². The van der Waals surface area contributed by atoms with Gasteiger partial charge in [-0.1, -0.05) is 29.8 Å². The Morgan fingerprint density at radius 2 is 1.70 bits per heavy atom. The summed E-state index contributed by atoms with van der Waals surface area (Å²) in [7, 11) is 0. The van der Waals surface area contributed by atoms with Gasteiger partial charge >= 0.3 is 11.9 Å². The van der Waals surface area contributed by atoms with Gasteiger partial charge in [-0.05, 0) is 30.3 Å². The van der Waals surface area contributed by atoms with E-state index in [1.807, 2.05) is 18.2 Å². The van der Waals surface area contributed by atoms with E-state index in [4.69, 9.17) is 11.6 Å². The van der Waals surface area contributed by atoms with Gasteiger partial charge in [0.1, 0.15) is 6.33 Å². The maximum Gasteiger partial charge on any atom is 0.418 e. The lowest BCUT2D eigenvalue weighted by atomic mass is 10.1. The molecule has 1 aromatic heterocycles. The number of hydrogen-bond donors (Lipinski definition) is 1. The monoisotopic (exact) mass is 478 g/mol. The summed E-state index contributed by atoms with van der Waals surface area (Å²) in [4.78, 5) is 23.0. The standard InChI is InChI=1S/C21H18ClF3N6O2/c22-14-4-3-5-15(12-14)29-8-10-30(11-9-29)20-18(31(32)33)19(26-13-27-20)28-17-7-2-1-6-16(17)21(23,24)25/h1-7,12-13H,8-11H2,(H,26,27,28). The van der Waals surface area contributed by atoms with Crippen LogP contribution in [0.25, 0.3) is 0 Å². The van der Waals surface area contributed by atoms with Gasteiger partial charge in [0.2, 0.25) is 11.6 Å². The molecule has 12 heteroatoms. The lowest BCUT2D eigenvalue weighted by molar-refractivity contribution is -0.383. The van der Waals surface area contributed by atoms with E-state index in [1.54, 1.807) is 11.0 Å². The number of anilines is 4. The number of rotatable bonds is 5. The van der Waals surface area contributed by atoms with E-state index in [0.29, 0.717) is 31.2 Å². The number of nitrogens with zero attached hydrogens (tertiary/aromatic N) is 5. The predicted molar refractivity (Wildman–Crippen MR) is 119 cm³/mol. The first-order valence-corrected chi connectivity index (χ1v) is 10.3. The summed E-state index contributed by atoms with van der Waals surface area (Å²) in [6.07, 6.45) is -3.53. The van der Waals surface area contributed by atoms with E-state index in [-0.39, 0.29) is 17.3 Å². The molecule has 1 aliphatic rings. The average molecular weight is 479 g/mol. The Morgan fingerprint density at radius 3 is 2.36 bits per heavy atom. The van der Waals surface area contributed by atoms with Crippen LogP contribution < -0.4 is 15.1 Å². The Kier molecular flexibility index (Phi) is 6.23. The third kappa shape index (κ3) is 4.92. The largest absolute Gasteiger partial charge is 0.418 e. The molecule has 0 saturated carbocycles. The Balaban J connectivity index is 1.60. The molecule has 3 aromatic rings. The van der Waals surface area contributed by atoms with E-state index in [0.717, 1.165) is 18.1 Å². The minimum atomic E-state index is -4.63. The fraction of sp³-hybridized carbons (Fsp3) is 0.238. The van der Waals surface area contributed by atoms with Gasteiger partial charge in [-0.25, -0.2) is 9.97 Å². The number of aromatic nitrogens is 2. The second-order valence-electron chi connectivity index (χ2n) is 7.27. The first kappa shape index (κ1) is 22.6. The molecule has 8 nitrogen and oxygen atoms in total. The highest BCUT2D eigenvalue weighted by molar-refractivity contribution is 6.30. The SMILES string of the molecule is O=[N+]([O-])c1c(Nc2ccccc2C(F)(F)F)ncnc1N1CCN(c2cccc(Cl)c2)CC1. The summed E-state index contributed by atoms with van der Waals surface area (Å²) in [5.74, 6) is -0.258. The van der Waals surface area contributed by atoms with E-state index < -0.39 is 22.4 Å². The topological polar surface area (TPSA) is 87.4 Å². The number of nitrogens with one attached hydrogen (secondary N) is 1. The zero-order valence-electron chi connectivity index (χ0n) is 17.1. The van der Waals surface area contributed by atoms with Crippen molar-refractivity contribution in [3.05, 3.63) is 75.6 Å². The zero-order valence-corrected chi connectivity index (χ0v) is 17.8. The molecule has 0 radical (unpaired) electrons. The second kappa shape index (κ2) is 9.10. The van der Waals surface area contributed by atoms with Crippen LogP contribution in [0.5, 0.6) is 0 Å². The van der Waals surface area contributed by atoms with E-state index >= 15 is 0 Å². The maximum atomic E-state index is 13.4. The molecule has 0 amide bonds. The molecule has 172 valence electrons. The molecule has 0 aliphatic carbocycles. The molecule has 1 N–H and O–H groups in total. The Bertz CT molecular complexity index is 1170. The van der Waals surface area contributed by atoms with Crippen molar-refractivity contribution in [2.75, 3.05) is 41.3 Å². The molecule has 0 atom stereocenters. The van der Waals surface area contributed by atoms with Crippen LogP contribution in [0.1, 0.15) is 5.56 Å². The molecule has 1 saturated heterocycles. The minimum absolute atomic E-state index is 0.0488. The molecular weight excluding hydrogens is 461 g/mol. The van der Waals surface area contributed by atoms with Crippen LogP contribution in [0.15, 0.2) is 54.9 Å². The number of nitro groups is 1. The highest BCUT2D eigenvalue weighted by Crippen LogP contribution is 2.39. The van der Waals surface area contributed by atoms with Crippen molar-refractivity contribution in [3.8, 4) is 0 Å². The average Bonchev–Trinajstić information content (AvgIpc) is 2.78. The van der Waals surface area contributed by atoms with Gasteiger partial charge in [-0.3, -0.25) is 10.1 Å². The van der Waals surface area contributed by atoms with E-state index in [1.165, 1.54) is 18.2 Å². The highest BCUT2D eigenvalue weighted by Gasteiger charge is 2.35. The minimum Gasteiger partial charge on any atom is -0.368 e. The fourth-order valence-corrected chi connectivity index (χ4v) is 3.86. The van der Waals surface area contributed by atoms with Crippen LogP contribution in [0.4, 0.5) is 41.9 Å². The summed E-state index contributed by atoms with van der Waals surface area (Å²) in [6.45, 7) is 1.95. The van der Waals surface area contributed by atoms with Crippen molar-refractivity contribution in [1.29, 1.82) is 0 Å². The molecule has 2 aromatic carbocycles. The molecule has 2 heterocycles. The molecule has 33 heavy (non-hydrogen) atoms. The summed E-state index contributed by atoms with van der Waals surface area (Å²) in [6, 6.07) is 12.1. The molecule has 0 bridgehead atoms. The Hall–Kier alpha value is -3.60. The van der Waals surface area contributed by atoms with Crippen molar-refractivity contribution in [2.24, 2.45) is 0 Å². The highest BCUT2D eigenvalue weighted by atomic mass is 35.5. The van der Waals surface area contributed by atoms with Crippen molar-refractivity contribution in [3.63, 3.8) is 0 Å². The molecule has 4 rings (SSSR count). The summed E-state index contributed by atoms with van der Waals surface area (Å²) in [5.41, 5.74) is -0.825. The second-order valence-corrected chi connectivity index (χ2v) is 7.71. The van der Waals surface area contributed by atoms with Crippen LogP contribution in [-0.2, 0) is 6.18 Å². The number of para-hydroxylation sites is 1. The summed E-state index contributed by atoms with van der Waals surface area (Å²) >= 11 is 6.06. The van der Waals surface area contributed by atoms with Gasteiger partial charge in [0.25, 0.3) is 0 Å². The lowest BCUT2D eigenvalue weighted by Gasteiger charge is -2.36. The Labute approximate surface area is 191 Å². The van der Waals surface area contributed by atoms with Crippen molar-refractivity contribution in [2.45, 2.75) is 6.18 Å². The Morgan fingerprint density at radius 1 is 1.00 bits per heavy atom. The van der Waals surface area contributed by atoms with Crippen LogP contribution >= 0.6 is 11.6 Å². The maximum absolute atomic E-state index is 13.4. The van der Waals surface area contributed by atoms with Crippen LogP contribution in [0.3, 0.4) is 0 Å². The number of piperazine rings is 1. The quantitative estimate of drug-likeness (QED) is 0.402. The van der Waals surface area contributed by atoms with Gasteiger partial charge in [-0.2, -0.15) is 13.2 Å². The summed E-state index contributed by atoms with van der Waals surface area (Å²) in [5, 5.41) is 15.0. The van der Waals surface area contributed by atoms with E-state index in [9.17, 15) is 23.3 Å². The fourth-order valence-electron chi connectivity index (χ4n) is 3.68. The molecule has 1 fully saturated rings. The van der Waals surface area contributed by atoms with Crippen LogP contribution in [-0.4, -0.2) is 41.1 Å². The van der Waals surface area contributed by atoms with Crippen molar-refractivity contribution in [1.82, 2.24) is 9.97 Å². The van der Waals surface area contributed by atoms with Crippen LogP contribution in [0, 0.1) is 10.1 Å². The number of alkyl halides is 3. The number of benzene rings is 2. The van der Waals surface area contributed by atoms with Crippen molar-refractivity contribution < 1.29 is 18.1 Å². The van der Waals surface area contributed by atoms with Gasteiger partial charge in [0, 0.05) is 36.9 Å². The first-order valence-electron chi connectivity index (χ1n) is 9.92. The third-order valence-corrected chi connectivity index (χ3v) is 5.46. The molecule has 1 aliphatic heterocycles. The van der Waals surface area contributed by atoms with Crippen molar-refractivity contribution >= 4 is 40.3 Å². The zero-order chi connectivity index (χ0) is 23.6. The normalized spacial score (nSPS) is 14.3. The number of hydrogen-bond acceptors (Lipinski definition) is 7. The van der Waals surface area contributed by atoms with Crippen LogP contribution in [0.2, 0.25) is 5.02 Å². The number of halogens is 4. The molecular formula is C21H18ClF3N6O2.